The molecule has 0 radical (unpaired) electrons. The molecule has 9 heteroatoms. The lowest BCUT2D eigenvalue weighted by Gasteiger charge is -2.33. The van der Waals surface area contributed by atoms with Crippen molar-refractivity contribution in [2.24, 2.45) is 7.05 Å². The summed E-state index contributed by atoms with van der Waals surface area (Å²) in [5, 5.41) is 2.91. The van der Waals surface area contributed by atoms with Gasteiger partial charge < -0.3 is 9.88 Å². The number of rotatable bonds is 8. The molecule has 1 amide bonds. The van der Waals surface area contributed by atoms with Crippen LogP contribution in [0.25, 0.3) is 11.0 Å². The SMILES string of the molecule is CCCc1ccc(S(=O)(=O)N2CCN(Cc3nc4cc(C(=O)NC(C)C)ccc4n3C)CC2)cc1. The lowest BCUT2D eigenvalue weighted by Crippen LogP contribution is -2.48. The quantitative estimate of drug-likeness (QED) is 0.517. The van der Waals surface area contributed by atoms with Crippen molar-refractivity contribution in [1.29, 1.82) is 0 Å². The molecule has 1 fully saturated rings. The first-order chi connectivity index (χ1) is 16.7. The monoisotopic (exact) mass is 497 g/mol. The number of piperazine rings is 1. The summed E-state index contributed by atoms with van der Waals surface area (Å²) >= 11 is 0. The molecule has 1 aromatic heterocycles. The lowest BCUT2D eigenvalue weighted by atomic mass is 10.1. The van der Waals surface area contributed by atoms with Gasteiger partial charge >= 0.3 is 0 Å². The highest BCUT2D eigenvalue weighted by molar-refractivity contribution is 7.89. The number of imidazole rings is 1. The fraction of sp³-hybridized carbons (Fsp3) is 0.462. The zero-order valence-corrected chi connectivity index (χ0v) is 21.8. The third-order valence-electron chi connectivity index (χ3n) is 6.45. The Morgan fingerprint density at radius 3 is 2.37 bits per heavy atom. The fourth-order valence-corrected chi connectivity index (χ4v) is 5.89. The summed E-state index contributed by atoms with van der Waals surface area (Å²) < 4.78 is 29.8. The van der Waals surface area contributed by atoms with Crippen LogP contribution in [0.2, 0.25) is 0 Å². The van der Waals surface area contributed by atoms with Crippen LogP contribution in [0, 0.1) is 0 Å². The number of hydrogen-bond acceptors (Lipinski definition) is 5. The Bertz CT molecular complexity index is 1290. The van der Waals surface area contributed by atoms with Crippen LogP contribution in [-0.4, -0.2) is 65.3 Å². The molecular weight excluding hydrogens is 462 g/mol. The average Bonchev–Trinajstić information content (AvgIpc) is 3.14. The van der Waals surface area contributed by atoms with E-state index in [0.717, 1.165) is 35.3 Å². The summed E-state index contributed by atoms with van der Waals surface area (Å²) in [4.78, 5) is 19.7. The highest BCUT2D eigenvalue weighted by atomic mass is 32.2. The van der Waals surface area contributed by atoms with Gasteiger partial charge in [-0.2, -0.15) is 4.31 Å². The van der Waals surface area contributed by atoms with Crippen molar-refractivity contribution in [3.63, 3.8) is 0 Å². The summed E-state index contributed by atoms with van der Waals surface area (Å²) in [6, 6.07) is 12.9. The number of nitrogens with zero attached hydrogens (tertiary/aromatic N) is 4. The van der Waals surface area contributed by atoms with Crippen LogP contribution < -0.4 is 5.32 Å². The minimum Gasteiger partial charge on any atom is -0.350 e. The third-order valence-corrected chi connectivity index (χ3v) is 8.36. The van der Waals surface area contributed by atoms with Gasteiger partial charge in [-0.1, -0.05) is 25.5 Å². The number of sulfonamides is 1. The smallest absolute Gasteiger partial charge is 0.251 e. The minimum absolute atomic E-state index is 0.0698. The van der Waals surface area contributed by atoms with E-state index in [9.17, 15) is 13.2 Å². The molecule has 8 nitrogen and oxygen atoms in total. The number of fused-ring (bicyclic) bond motifs is 1. The highest BCUT2D eigenvalue weighted by Crippen LogP contribution is 2.21. The molecule has 1 N–H and O–H groups in total. The zero-order valence-electron chi connectivity index (χ0n) is 21.0. The fourth-order valence-electron chi connectivity index (χ4n) is 4.47. The largest absolute Gasteiger partial charge is 0.350 e. The van der Waals surface area contributed by atoms with E-state index in [1.807, 2.05) is 55.8 Å². The summed E-state index contributed by atoms with van der Waals surface area (Å²) in [5.74, 6) is 0.788. The van der Waals surface area contributed by atoms with E-state index in [2.05, 4.69) is 17.1 Å². The van der Waals surface area contributed by atoms with Crippen molar-refractivity contribution < 1.29 is 13.2 Å². The van der Waals surface area contributed by atoms with E-state index >= 15 is 0 Å². The van der Waals surface area contributed by atoms with Gasteiger partial charge in [0, 0.05) is 44.8 Å². The molecule has 0 spiro atoms. The summed E-state index contributed by atoms with van der Waals surface area (Å²) in [7, 11) is -1.52. The molecule has 3 aromatic rings. The number of benzene rings is 2. The Hall–Kier alpha value is -2.75. The maximum atomic E-state index is 13.1. The van der Waals surface area contributed by atoms with E-state index in [1.165, 1.54) is 0 Å². The van der Waals surface area contributed by atoms with Gasteiger partial charge in [-0.15, -0.1) is 0 Å². The predicted octanol–water partition coefficient (Wildman–Crippen LogP) is 3.17. The summed E-state index contributed by atoms with van der Waals surface area (Å²) in [6.07, 6.45) is 1.99. The number of nitrogens with one attached hydrogen (secondary N) is 1. The molecule has 0 atom stereocenters. The molecule has 188 valence electrons. The number of aryl methyl sites for hydroxylation is 2. The number of carbonyl (C=O) groups is 1. The van der Waals surface area contributed by atoms with Crippen molar-refractivity contribution >= 4 is 27.0 Å². The molecular formula is C26H35N5O3S. The Kier molecular flexibility index (Phi) is 7.59. The number of aromatic nitrogens is 2. The molecule has 0 aliphatic carbocycles. The van der Waals surface area contributed by atoms with E-state index in [1.54, 1.807) is 16.4 Å². The first kappa shape index (κ1) is 25.3. The van der Waals surface area contributed by atoms with Gasteiger partial charge in [-0.05, 0) is 56.2 Å². The second kappa shape index (κ2) is 10.5. The number of amides is 1. The highest BCUT2D eigenvalue weighted by Gasteiger charge is 2.29. The van der Waals surface area contributed by atoms with Crippen molar-refractivity contribution in [3.05, 3.63) is 59.4 Å². The normalized spacial score (nSPS) is 15.7. The van der Waals surface area contributed by atoms with Crippen LogP contribution in [0.4, 0.5) is 0 Å². The summed E-state index contributed by atoms with van der Waals surface area (Å²) in [5.41, 5.74) is 3.50. The molecule has 0 unspecified atom stereocenters. The maximum absolute atomic E-state index is 13.1. The minimum atomic E-state index is -3.49. The molecule has 0 bridgehead atoms. The second-order valence-corrected chi connectivity index (χ2v) is 11.4. The molecule has 1 saturated heterocycles. The molecule has 1 aliphatic rings. The summed E-state index contributed by atoms with van der Waals surface area (Å²) in [6.45, 7) is 8.77. The van der Waals surface area contributed by atoms with Crippen LogP contribution in [0.15, 0.2) is 47.4 Å². The Morgan fingerprint density at radius 2 is 1.74 bits per heavy atom. The van der Waals surface area contributed by atoms with E-state index in [4.69, 9.17) is 4.98 Å². The van der Waals surface area contributed by atoms with Crippen molar-refractivity contribution in [1.82, 2.24) is 24.1 Å². The van der Waals surface area contributed by atoms with Crippen LogP contribution in [-0.2, 0) is 30.0 Å². The molecule has 0 saturated carbocycles. The zero-order chi connectivity index (χ0) is 25.2. The first-order valence-electron chi connectivity index (χ1n) is 12.3. The predicted molar refractivity (Wildman–Crippen MR) is 138 cm³/mol. The van der Waals surface area contributed by atoms with Gasteiger partial charge in [0.05, 0.1) is 22.5 Å². The Balaban J connectivity index is 1.41. The van der Waals surface area contributed by atoms with E-state index in [-0.39, 0.29) is 11.9 Å². The Morgan fingerprint density at radius 1 is 1.06 bits per heavy atom. The second-order valence-electron chi connectivity index (χ2n) is 9.49. The van der Waals surface area contributed by atoms with Crippen molar-refractivity contribution in [2.75, 3.05) is 26.2 Å². The molecule has 2 aromatic carbocycles. The van der Waals surface area contributed by atoms with Crippen molar-refractivity contribution in [3.8, 4) is 0 Å². The lowest BCUT2D eigenvalue weighted by molar-refractivity contribution is 0.0943. The topological polar surface area (TPSA) is 87.5 Å². The molecule has 35 heavy (non-hydrogen) atoms. The van der Waals surface area contributed by atoms with Gasteiger partial charge in [0.25, 0.3) is 5.91 Å². The van der Waals surface area contributed by atoms with Crippen LogP contribution in [0.3, 0.4) is 0 Å². The number of carbonyl (C=O) groups excluding carboxylic acids is 1. The van der Waals surface area contributed by atoms with Gasteiger partial charge in [0.2, 0.25) is 10.0 Å². The van der Waals surface area contributed by atoms with Gasteiger partial charge in [0.1, 0.15) is 5.82 Å². The standard InChI is InChI=1S/C26H35N5O3S/c1-5-6-20-7-10-22(11-8-20)35(33,34)31-15-13-30(14-16-31)18-25-28-23-17-21(26(32)27-19(2)3)9-12-24(23)29(25)4/h7-12,17,19H,5-6,13-16,18H2,1-4H3,(H,27,32). The maximum Gasteiger partial charge on any atom is 0.251 e. The Labute approximate surface area is 208 Å². The van der Waals surface area contributed by atoms with E-state index < -0.39 is 10.0 Å². The molecule has 2 heterocycles. The van der Waals surface area contributed by atoms with Crippen molar-refractivity contribution in [2.45, 2.75) is 51.1 Å². The van der Waals surface area contributed by atoms with Crippen LogP contribution in [0.1, 0.15) is 48.9 Å². The van der Waals surface area contributed by atoms with Gasteiger partial charge in [-0.3, -0.25) is 9.69 Å². The van der Waals surface area contributed by atoms with Crippen LogP contribution >= 0.6 is 0 Å². The van der Waals surface area contributed by atoms with Crippen LogP contribution in [0.5, 0.6) is 0 Å². The average molecular weight is 498 g/mol. The van der Waals surface area contributed by atoms with E-state index in [0.29, 0.717) is 43.2 Å². The third kappa shape index (κ3) is 5.58. The number of hydrogen-bond donors (Lipinski definition) is 1. The molecule has 4 rings (SSSR count). The molecule has 1 aliphatic heterocycles. The van der Waals surface area contributed by atoms with Gasteiger partial charge in [0.15, 0.2) is 0 Å². The van der Waals surface area contributed by atoms with Gasteiger partial charge in [-0.25, -0.2) is 13.4 Å². The first-order valence-corrected chi connectivity index (χ1v) is 13.7.